The van der Waals surface area contributed by atoms with E-state index in [-0.39, 0.29) is 17.9 Å². The first kappa shape index (κ1) is 30.5. The van der Waals surface area contributed by atoms with Gasteiger partial charge in [0.1, 0.15) is 35.9 Å². The maximum atomic E-state index is 13.7. The fourth-order valence-corrected chi connectivity index (χ4v) is 7.44. The minimum atomic E-state index is -1.64. The average molecular weight is 575 g/mol. The largest absolute Gasteiger partial charge is 0.465 e. The summed E-state index contributed by atoms with van der Waals surface area (Å²) in [6, 6.07) is 8.24. The lowest BCUT2D eigenvalue weighted by molar-refractivity contribution is -0.314. The molecule has 1 heterocycles. The summed E-state index contributed by atoms with van der Waals surface area (Å²) >= 11 is 0. The molecule has 41 heavy (non-hydrogen) atoms. The van der Waals surface area contributed by atoms with E-state index in [9.17, 15) is 24.0 Å². The Morgan fingerprint density at radius 2 is 1.41 bits per heavy atom. The Labute approximate surface area is 239 Å². The summed E-state index contributed by atoms with van der Waals surface area (Å²) in [5.41, 5.74) is -3.98. The molecule has 11 heteroatoms. The molecule has 0 radical (unpaired) electrons. The molecule has 2 saturated carbocycles. The monoisotopic (exact) mass is 574 g/mol. The maximum absolute atomic E-state index is 13.7. The van der Waals surface area contributed by atoms with Gasteiger partial charge in [-0.15, -0.1) is 0 Å². The lowest BCUT2D eigenvalue weighted by Crippen LogP contribution is -2.79. The van der Waals surface area contributed by atoms with Crippen LogP contribution in [-0.4, -0.2) is 72.1 Å². The number of carbonyl (C=O) groups is 5. The molecule has 1 aliphatic heterocycles. The minimum absolute atomic E-state index is 0.230. The van der Waals surface area contributed by atoms with Crippen LogP contribution in [-0.2, 0) is 47.6 Å². The van der Waals surface area contributed by atoms with Crippen molar-refractivity contribution < 1.29 is 52.4 Å². The van der Waals surface area contributed by atoms with Gasteiger partial charge in [-0.3, -0.25) is 19.2 Å². The van der Waals surface area contributed by atoms with Crippen LogP contribution in [0.3, 0.4) is 0 Å². The van der Waals surface area contributed by atoms with Gasteiger partial charge in [0.15, 0.2) is 6.10 Å². The van der Waals surface area contributed by atoms with Crippen molar-refractivity contribution in [3.05, 3.63) is 35.9 Å². The zero-order valence-electron chi connectivity index (χ0n) is 24.5. The molecular weight excluding hydrogens is 536 g/mol. The molecule has 3 fully saturated rings. The fourth-order valence-electron chi connectivity index (χ4n) is 7.44. The highest BCUT2D eigenvalue weighted by molar-refractivity contribution is 5.89. The van der Waals surface area contributed by atoms with E-state index in [1.54, 1.807) is 44.2 Å². The van der Waals surface area contributed by atoms with Gasteiger partial charge in [0.2, 0.25) is 0 Å². The highest BCUT2D eigenvalue weighted by Gasteiger charge is 2.84. The van der Waals surface area contributed by atoms with Crippen molar-refractivity contribution in [1.82, 2.24) is 0 Å². The van der Waals surface area contributed by atoms with Gasteiger partial charge in [0.05, 0.1) is 17.1 Å². The predicted octanol–water partition coefficient (Wildman–Crippen LogP) is 3.16. The van der Waals surface area contributed by atoms with Crippen LogP contribution in [0.5, 0.6) is 0 Å². The standard InChI is InChI=1S/C30H38O11/c1-16-13-14-22(37-18(3)32)29(15-36-17(2)31)26(40-27(35)21-11-9-8-10-12-21)24(38-19(4)33)23-25(39-20(5)34)30(16,29)41-28(23,6)7/h8-12,16,22-26H,13-15H2,1-7H3/t16-,22-,23+,24-,25-,26-,29+,30+/m1/s1. The summed E-state index contributed by atoms with van der Waals surface area (Å²) in [5.74, 6) is -4.44. The van der Waals surface area contributed by atoms with E-state index in [2.05, 4.69) is 0 Å². The van der Waals surface area contributed by atoms with Crippen molar-refractivity contribution in [1.29, 1.82) is 0 Å². The SMILES string of the molecule is CC(=O)OC[C@]12[C@H](OC(=O)c3ccccc3)[C@H](OC(C)=O)[C@H]3[C@@H](OC(C)=O)[C@@]1(OC3(C)C)[C@H](C)CC[C@H]2OC(C)=O. The molecule has 1 saturated heterocycles. The third-order valence-electron chi connectivity index (χ3n) is 8.70. The molecule has 8 atom stereocenters. The van der Waals surface area contributed by atoms with Gasteiger partial charge < -0.3 is 28.4 Å². The second-order valence-electron chi connectivity index (χ2n) is 11.7. The van der Waals surface area contributed by atoms with Crippen LogP contribution in [0.1, 0.15) is 71.7 Å². The van der Waals surface area contributed by atoms with Crippen LogP contribution in [0, 0.1) is 17.3 Å². The first-order chi connectivity index (χ1) is 19.2. The Balaban J connectivity index is 2.06. The molecule has 0 amide bonds. The van der Waals surface area contributed by atoms with Crippen LogP contribution < -0.4 is 0 Å². The number of esters is 5. The summed E-state index contributed by atoms with van der Waals surface area (Å²) < 4.78 is 36.7. The van der Waals surface area contributed by atoms with Crippen LogP contribution in [0.4, 0.5) is 0 Å². The Kier molecular flexibility index (Phi) is 8.23. The highest BCUT2D eigenvalue weighted by Crippen LogP contribution is 2.68. The van der Waals surface area contributed by atoms with Crippen molar-refractivity contribution in [3.8, 4) is 0 Å². The van der Waals surface area contributed by atoms with Gasteiger partial charge in [-0.05, 0) is 44.7 Å². The van der Waals surface area contributed by atoms with Crippen molar-refractivity contribution in [3.63, 3.8) is 0 Å². The fraction of sp³-hybridized carbons (Fsp3) is 0.633. The van der Waals surface area contributed by atoms with E-state index in [1.165, 1.54) is 27.7 Å². The molecule has 1 spiro atoms. The molecule has 4 rings (SSSR count). The molecule has 2 aliphatic carbocycles. The van der Waals surface area contributed by atoms with E-state index in [0.717, 1.165) is 0 Å². The molecule has 0 unspecified atom stereocenters. The molecule has 11 nitrogen and oxygen atoms in total. The quantitative estimate of drug-likeness (QED) is 0.350. The van der Waals surface area contributed by atoms with Crippen LogP contribution in [0.15, 0.2) is 30.3 Å². The highest BCUT2D eigenvalue weighted by atomic mass is 16.6. The number of benzene rings is 1. The Morgan fingerprint density at radius 3 is 1.98 bits per heavy atom. The smallest absolute Gasteiger partial charge is 0.338 e. The summed E-state index contributed by atoms with van der Waals surface area (Å²) in [4.78, 5) is 63.7. The molecule has 1 aromatic carbocycles. The number of fused-ring (bicyclic) bond motifs is 1. The summed E-state index contributed by atoms with van der Waals surface area (Å²) in [6.07, 6.45) is -3.85. The molecule has 224 valence electrons. The molecule has 2 bridgehead atoms. The van der Waals surface area contributed by atoms with Gasteiger partial charge in [-0.2, -0.15) is 0 Å². The number of ether oxygens (including phenoxy) is 6. The lowest BCUT2D eigenvalue weighted by atomic mass is 9.47. The van der Waals surface area contributed by atoms with E-state index >= 15 is 0 Å². The van der Waals surface area contributed by atoms with Gasteiger partial charge in [0, 0.05) is 27.7 Å². The molecule has 3 aliphatic rings. The number of hydrogen-bond donors (Lipinski definition) is 0. The zero-order chi connectivity index (χ0) is 30.3. The van der Waals surface area contributed by atoms with E-state index in [4.69, 9.17) is 28.4 Å². The van der Waals surface area contributed by atoms with Gasteiger partial charge in [0.25, 0.3) is 0 Å². The number of hydrogen-bond acceptors (Lipinski definition) is 11. The van der Waals surface area contributed by atoms with Crippen molar-refractivity contribution >= 4 is 29.8 Å². The summed E-state index contributed by atoms with van der Waals surface area (Å²) in [5, 5.41) is 0. The summed E-state index contributed by atoms with van der Waals surface area (Å²) in [6.45, 7) is 9.97. The number of rotatable bonds is 7. The molecule has 1 aromatic rings. The Morgan fingerprint density at radius 1 is 0.805 bits per heavy atom. The van der Waals surface area contributed by atoms with Crippen molar-refractivity contribution in [2.75, 3.05) is 6.61 Å². The Bertz CT molecular complexity index is 1210. The second kappa shape index (κ2) is 11.1. The van der Waals surface area contributed by atoms with Crippen LogP contribution in [0.25, 0.3) is 0 Å². The number of carbonyl (C=O) groups excluding carboxylic acids is 5. The third-order valence-corrected chi connectivity index (χ3v) is 8.70. The predicted molar refractivity (Wildman–Crippen MR) is 141 cm³/mol. The van der Waals surface area contributed by atoms with Crippen LogP contribution >= 0.6 is 0 Å². The van der Waals surface area contributed by atoms with Crippen LogP contribution in [0.2, 0.25) is 0 Å². The van der Waals surface area contributed by atoms with Gasteiger partial charge in [-0.25, -0.2) is 4.79 Å². The van der Waals surface area contributed by atoms with Crippen molar-refractivity contribution in [2.24, 2.45) is 17.3 Å². The zero-order valence-corrected chi connectivity index (χ0v) is 24.5. The van der Waals surface area contributed by atoms with Crippen molar-refractivity contribution in [2.45, 2.75) is 96.9 Å². The van der Waals surface area contributed by atoms with E-state index in [1.807, 2.05) is 6.92 Å². The molecule has 0 N–H and O–H groups in total. The van der Waals surface area contributed by atoms with Gasteiger partial charge >= 0.3 is 29.8 Å². The second-order valence-corrected chi connectivity index (χ2v) is 11.7. The average Bonchev–Trinajstić information content (AvgIpc) is 3.06. The third kappa shape index (κ3) is 5.09. The first-order valence-corrected chi connectivity index (χ1v) is 13.8. The molecule has 0 aromatic heterocycles. The van der Waals surface area contributed by atoms with E-state index < -0.39 is 83.4 Å². The maximum Gasteiger partial charge on any atom is 0.338 e. The molecular formula is C30H38O11. The van der Waals surface area contributed by atoms with Gasteiger partial charge in [-0.1, -0.05) is 25.1 Å². The van der Waals surface area contributed by atoms with E-state index in [0.29, 0.717) is 6.42 Å². The lowest BCUT2D eigenvalue weighted by Gasteiger charge is -2.63. The first-order valence-electron chi connectivity index (χ1n) is 13.8. The minimum Gasteiger partial charge on any atom is -0.465 e. The Hall–Kier alpha value is -3.47. The summed E-state index contributed by atoms with van der Waals surface area (Å²) in [7, 11) is 0. The normalized spacial score (nSPS) is 34.9. The topological polar surface area (TPSA) is 141 Å².